The van der Waals surface area contributed by atoms with Crippen LogP contribution in [0.4, 0.5) is 0 Å². The summed E-state index contributed by atoms with van der Waals surface area (Å²) in [6.07, 6.45) is 2.03. The second-order valence-electron chi connectivity index (χ2n) is 3.77. The molecule has 0 saturated carbocycles. The zero-order valence-corrected chi connectivity index (χ0v) is 6.81. The zero-order chi connectivity index (χ0) is 7.90. The maximum atomic E-state index is 11.4. The largest absolute Gasteiger partial charge is 0.356 e. The van der Waals surface area contributed by atoms with Gasteiger partial charge in [0.05, 0.1) is 5.41 Å². The van der Waals surface area contributed by atoms with E-state index in [1.54, 1.807) is 0 Å². The van der Waals surface area contributed by atoms with Crippen molar-refractivity contribution in [1.82, 2.24) is 10.6 Å². The summed E-state index contributed by atoms with van der Waals surface area (Å²) in [6.45, 7) is 3.88. The molecule has 62 valence electrons. The third kappa shape index (κ3) is 0.948. The van der Waals surface area contributed by atoms with Gasteiger partial charge in [0, 0.05) is 19.1 Å². The summed E-state index contributed by atoms with van der Waals surface area (Å²) in [6, 6.07) is 0.513. The molecule has 2 rings (SSSR count). The highest BCUT2D eigenvalue weighted by Gasteiger charge is 2.46. The minimum atomic E-state index is -0.0422. The third-order valence-corrected chi connectivity index (χ3v) is 2.86. The lowest BCUT2D eigenvalue weighted by Crippen LogP contribution is -2.32. The Kier molecular flexibility index (Phi) is 1.42. The molecule has 1 amide bonds. The highest BCUT2D eigenvalue weighted by molar-refractivity contribution is 5.85. The van der Waals surface area contributed by atoms with Gasteiger partial charge in [-0.1, -0.05) is 0 Å². The van der Waals surface area contributed by atoms with Crippen LogP contribution in [0, 0.1) is 5.41 Å². The molecule has 2 heterocycles. The van der Waals surface area contributed by atoms with Gasteiger partial charge in [-0.05, 0) is 19.8 Å². The highest BCUT2D eigenvalue weighted by Crippen LogP contribution is 2.35. The fourth-order valence-electron chi connectivity index (χ4n) is 2.18. The second kappa shape index (κ2) is 2.21. The lowest BCUT2D eigenvalue weighted by atomic mass is 9.84. The van der Waals surface area contributed by atoms with E-state index < -0.39 is 0 Å². The lowest BCUT2D eigenvalue weighted by Gasteiger charge is -2.16. The maximum absolute atomic E-state index is 11.4. The molecule has 0 aromatic heterocycles. The molecule has 0 bridgehead atoms. The van der Waals surface area contributed by atoms with E-state index in [0.29, 0.717) is 6.04 Å². The molecular weight excluding hydrogens is 140 g/mol. The number of carbonyl (C=O) groups is 1. The summed E-state index contributed by atoms with van der Waals surface area (Å²) in [5.74, 6) is 0.259. The number of hydrogen-bond donors (Lipinski definition) is 2. The Hall–Kier alpha value is -0.570. The molecule has 1 spiro atoms. The van der Waals surface area contributed by atoms with E-state index in [1.807, 2.05) is 0 Å². The number of rotatable bonds is 0. The van der Waals surface area contributed by atoms with Crippen molar-refractivity contribution in [2.75, 3.05) is 13.1 Å². The molecule has 0 aromatic carbocycles. The van der Waals surface area contributed by atoms with Crippen molar-refractivity contribution in [3.63, 3.8) is 0 Å². The van der Waals surface area contributed by atoms with E-state index in [0.717, 1.165) is 25.9 Å². The minimum Gasteiger partial charge on any atom is -0.356 e. The number of carbonyl (C=O) groups excluding carboxylic acids is 1. The molecular formula is C8H14N2O. The van der Waals surface area contributed by atoms with E-state index in [-0.39, 0.29) is 11.3 Å². The third-order valence-electron chi connectivity index (χ3n) is 2.86. The molecule has 0 aromatic rings. The molecule has 2 saturated heterocycles. The van der Waals surface area contributed by atoms with Gasteiger partial charge >= 0.3 is 0 Å². The van der Waals surface area contributed by atoms with Gasteiger partial charge < -0.3 is 10.6 Å². The van der Waals surface area contributed by atoms with Crippen LogP contribution < -0.4 is 10.6 Å². The minimum absolute atomic E-state index is 0.0422. The van der Waals surface area contributed by atoms with Gasteiger partial charge in [0.25, 0.3) is 0 Å². The van der Waals surface area contributed by atoms with Crippen molar-refractivity contribution in [3.8, 4) is 0 Å². The molecule has 0 aliphatic carbocycles. The van der Waals surface area contributed by atoms with Crippen LogP contribution in [0.15, 0.2) is 0 Å². The van der Waals surface area contributed by atoms with Gasteiger partial charge in [-0.15, -0.1) is 0 Å². The van der Waals surface area contributed by atoms with Crippen molar-refractivity contribution in [2.24, 2.45) is 5.41 Å². The molecule has 11 heavy (non-hydrogen) atoms. The SMILES string of the molecule is CC1CC2(CCNC2=O)CN1. The Morgan fingerprint density at radius 1 is 1.64 bits per heavy atom. The van der Waals surface area contributed by atoms with Crippen molar-refractivity contribution in [2.45, 2.75) is 25.8 Å². The van der Waals surface area contributed by atoms with E-state index in [1.165, 1.54) is 0 Å². The molecule has 3 nitrogen and oxygen atoms in total. The zero-order valence-electron chi connectivity index (χ0n) is 6.81. The molecule has 2 N–H and O–H groups in total. The summed E-state index contributed by atoms with van der Waals surface area (Å²) in [4.78, 5) is 11.4. The Bertz CT molecular complexity index is 193. The number of amides is 1. The van der Waals surface area contributed by atoms with Crippen LogP contribution in [0.1, 0.15) is 19.8 Å². The molecule has 3 heteroatoms. The summed E-state index contributed by atoms with van der Waals surface area (Å²) in [5, 5.41) is 6.22. The van der Waals surface area contributed by atoms with E-state index >= 15 is 0 Å². The van der Waals surface area contributed by atoms with E-state index in [4.69, 9.17) is 0 Å². The van der Waals surface area contributed by atoms with Crippen LogP contribution >= 0.6 is 0 Å². The predicted octanol–water partition coefficient (Wildman–Crippen LogP) is -0.126. The van der Waals surface area contributed by atoms with Gasteiger partial charge in [0.2, 0.25) is 5.91 Å². The van der Waals surface area contributed by atoms with Crippen LogP contribution in [0.25, 0.3) is 0 Å². The van der Waals surface area contributed by atoms with Gasteiger partial charge in [0.15, 0.2) is 0 Å². The normalized spacial score (nSPS) is 43.4. The summed E-state index contributed by atoms with van der Waals surface area (Å²) in [5.41, 5.74) is -0.0422. The van der Waals surface area contributed by atoms with Crippen LogP contribution in [0.3, 0.4) is 0 Å². The van der Waals surface area contributed by atoms with Crippen molar-refractivity contribution < 1.29 is 4.79 Å². The van der Waals surface area contributed by atoms with Gasteiger partial charge in [-0.3, -0.25) is 4.79 Å². The topological polar surface area (TPSA) is 41.1 Å². The molecule has 2 atom stereocenters. The fraction of sp³-hybridized carbons (Fsp3) is 0.875. The van der Waals surface area contributed by atoms with Gasteiger partial charge in [0.1, 0.15) is 0 Å². The first-order valence-corrected chi connectivity index (χ1v) is 4.25. The predicted molar refractivity (Wildman–Crippen MR) is 42.1 cm³/mol. The van der Waals surface area contributed by atoms with E-state index in [9.17, 15) is 4.79 Å². The van der Waals surface area contributed by atoms with Gasteiger partial charge in [-0.2, -0.15) is 0 Å². The molecule has 0 radical (unpaired) electrons. The summed E-state index contributed by atoms with van der Waals surface area (Å²) in [7, 11) is 0. The Morgan fingerprint density at radius 3 is 2.91 bits per heavy atom. The number of nitrogens with one attached hydrogen (secondary N) is 2. The average molecular weight is 154 g/mol. The molecule has 2 aliphatic rings. The van der Waals surface area contributed by atoms with Crippen LogP contribution in [-0.4, -0.2) is 25.0 Å². The highest BCUT2D eigenvalue weighted by atomic mass is 16.2. The van der Waals surface area contributed by atoms with Crippen molar-refractivity contribution in [1.29, 1.82) is 0 Å². The standard InChI is InChI=1S/C8H14N2O/c1-6-4-8(5-10-6)2-3-9-7(8)11/h6,10H,2-5H2,1H3,(H,9,11). The van der Waals surface area contributed by atoms with E-state index in [2.05, 4.69) is 17.6 Å². The lowest BCUT2D eigenvalue weighted by molar-refractivity contribution is -0.126. The Morgan fingerprint density at radius 2 is 2.45 bits per heavy atom. The smallest absolute Gasteiger partial charge is 0.227 e. The van der Waals surface area contributed by atoms with Crippen molar-refractivity contribution >= 4 is 5.91 Å². The monoisotopic (exact) mass is 154 g/mol. The summed E-state index contributed by atoms with van der Waals surface area (Å²) < 4.78 is 0. The molecule has 2 unspecified atom stereocenters. The Labute approximate surface area is 66.5 Å². The number of hydrogen-bond acceptors (Lipinski definition) is 2. The quantitative estimate of drug-likeness (QED) is 0.510. The van der Waals surface area contributed by atoms with Crippen LogP contribution in [0.5, 0.6) is 0 Å². The first kappa shape index (κ1) is 7.10. The van der Waals surface area contributed by atoms with Gasteiger partial charge in [-0.25, -0.2) is 0 Å². The summed E-state index contributed by atoms with van der Waals surface area (Å²) >= 11 is 0. The van der Waals surface area contributed by atoms with Crippen LogP contribution in [-0.2, 0) is 4.79 Å². The molecule has 2 aliphatic heterocycles. The van der Waals surface area contributed by atoms with Crippen LogP contribution in [0.2, 0.25) is 0 Å². The second-order valence-corrected chi connectivity index (χ2v) is 3.77. The maximum Gasteiger partial charge on any atom is 0.227 e. The van der Waals surface area contributed by atoms with Crippen molar-refractivity contribution in [3.05, 3.63) is 0 Å². The fourth-order valence-corrected chi connectivity index (χ4v) is 2.18. The Balaban J connectivity index is 2.16. The first-order chi connectivity index (χ1) is 5.23. The average Bonchev–Trinajstić information content (AvgIpc) is 2.46. The molecule has 2 fully saturated rings. The first-order valence-electron chi connectivity index (χ1n) is 4.25.